The highest BCUT2D eigenvalue weighted by atomic mass is 79.9. The van der Waals surface area contributed by atoms with E-state index in [2.05, 4.69) is 31.3 Å². The van der Waals surface area contributed by atoms with Gasteiger partial charge in [-0.25, -0.2) is 4.39 Å². The maximum absolute atomic E-state index is 13.2. The number of nitrogens with zero attached hydrogens (tertiary/aromatic N) is 5. The van der Waals surface area contributed by atoms with Crippen LogP contribution in [0.2, 0.25) is 0 Å². The highest BCUT2D eigenvalue weighted by Crippen LogP contribution is 2.18. The summed E-state index contributed by atoms with van der Waals surface area (Å²) in [7, 11) is 0. The van der Waals surface area contributed by atoms with Gasteiger partial charge in [0.25, 0.3) is 5.91 Å². The van der Waals surface area contributed by atoms with Crippen molar-refractivity contribution in [2.24, 2.45) is 5.73 Å². The number of carbonyl (C=O) groups is 2. The van der Waals surface area contributed by atoms with Gasteiger partial charge in [-0.1, -0.05) is 15.9 Å². The summed E-state index contributed by atoms with van der Waals surface area (Å²) in [5, 5.41) is 12.1. The third kappa shape index (κ3) is 4.97. The van der Waals surface area contributed by atoms with Gasteiger partial charge in [-0.15, -0.1) is 10.2 Å². The molecular formula is C18H16BrFN6O2. The molecule has 0 saturated heterocycles. The molecule has 10 heteroatoms. The molecule has 3 aromatic rings. The summed E-state index contributed by atoms with van der Waals surface area (Å²) in [5.41, 5.74) is 6.39. The molecule has 28 heavy (non-hydrogen) atoms. The fourth-order valence-corrected chi connectivity index (χ4v) is 2.74. The number of aromatic nitrogens is 4. The molecule has 2 aromatic carbocycles. The summed E-state index contributed by atoms with van der Waals surface area (Å²) in [5.74, 6) is -0.974. The summed E-state index contributed by atoms with van der Waals surface area (Å²) >= 11 is 3.36. The molecular weight excluding hydrogens is 431 g/mol. The molecule has 0 bridgehead atoms. The Morgan fingerprint density at radius 2 is 1.79 bits per heavy atom. The highest BCUT2D eigenvalue weighted by molar-refractivity contribution is 9.10. The molecule has 0 atom stereocenters. The van der Waals surface area contributed by atoms with Gasteiger partial charge in [0.05, 0.1) is 0 Å². The molecule has 0 aliphatic heterocycles. The van der Waals surface area contributed by atoms with E-state index in [1.54, 1.807) is 0 Å². The van der Waals surface area contributed by atoms with Crippen molar-refractivity contribution in [3.63, 3.8) is 0 Å². The zero-order valence-electron chi connectivity index (χ0n) is 14.6. The van der Waals surface area contributed by atoms with Crippen LogP contribution >= 0.6 is 15.9 Å². The first-order valence-corrected chi connectivity index (χ1v) is 9.09. The van der Waals surface area contributed by atoms with E-state index in [0.29, 0.717) is 11.5 Å². The number of rotatable bonds is 7. The van der Waals surface area contributed by atoms with Crippen LogP contribution in [0.5, 0.6) is 0 Å². The first-order valence-electron chi connectivity index (χ1n) is 8.30. The Bertz CT molecular complexity index is 975. The van der Waals surface area contributed by atoms with Crippen LogP contribution in [0.1, 0.15) is 6.42 Å². The average Bonchev–Trinajstić information content (AvgIpc) is 3.12. The van der Waals surface area contributed by atoms with Gasteiger partial charge in [0.15, 0.2) is 0 Å². The maximum Gasteiger partial charge on any atom is 0.250 e. The van der Waals surface area contributed by atoms with E-state index < -0.39 is 11.7 Å². The van der Waals surface area contributed by atoms with Gasteiger partial charge < -0.3 is 10.6 Å². The van der Waals surface area contributed by atoms with E-state index in [1.807, 2.05) is 24.3 Å². The second-order valence-electron chi connectivity index (χ2n) is 5.89. The summed E-state index contributed by atoms with van der Waals surface area (Å²) in [4.78, 5) is 26.4. The van der Waals surface area contributed by atoms with Gasteiger partial charge >= 0.3 is 0 Å². The lowest BCUT2D eigenvalue weighted by Gasteiger charge is -2.22. The molecule has 2 N–H and O–H groups in total. The van der Waals surface area contributed by atoms with Crippen LogP contribution in [0.4, 0.5) is 10.1 Å². The molecule has 3 rings (SSSR count). The first kappa shape index (κ1) is 19.6. The fraction of sp³-hybridized carbons (Fsp3) is 0.167. The van der Waals surface area contributed by atoms with E-state index >= 15 is 0 Å². The van der Waals surface area contributed by atoms with Crippen LogP contribution in [-0.2, 0) is 16.1 Å². The van der Waals surface area contributed by atoms with E-state index in [0.717, 1.165) is 10.0 Å². The van der Waals surface area contributed by atoms with Gasteiger partial charge in [-0.05, 0) is 53.7 Å². The standard InChI is InChI=1S/C18H16BrFN6O2/c19-13-3-1-12(2-4-13)18-22-24-26(23-18)11-17(28)25(10-9-16(21)27)15-7-5-14(20)6-8-15/h1-8H,9-11H2,(H2,21,27). The Morgan fingerprint density at radius 1 is 1.11 bits per heavy atom. The number of primary amides is 1. The number of tetrazole rings is 1. The minimum Gasteiger partial charge on any atom is -0.370 e. The van der Waals surface area contributed by atoms with Crippen molar-refractivity contribution in [2.45, 2.75) is 13.0 Å². The molecule has 0 aliphatic carbocycles. The molecule has 8 nitrogen and oxygen atoms in total. The van der Waals surface area contributed by atoms with Gasteiger partial charge in [0.2, 0.25) is 11.7 Å². The molecule has 0 unspecified atom stereocenters. The maximum atomic E-state index is 13.2. The van der Waals surface area contributed by atoms with E-state index in [1.165, 1.54) is 34.0 Å². The van der Waals surface area contributed by atoms with Crippen molar-refractivity contribution in [3.05, 3.63) is 58.8 Å². The Hall–Kier alpha value is -3.14. The van der Waals surface area contributed by atoms with Gasteiger partial charge in [-0.3, -0.25) is 9.59 Å². The Labute approximate surface area is 168 Å². The third-order valence-corrected chi connectivity index (χ3v) is 4.38. The number of benzene rings is 2. The Kier molecular flexibility index (Phi) is 6.09. The minimum absolute atomic E-state index is 0.0297. The molecule has 0 aliphatic rings. The van der Waals surface area contributed by atoms with E-state index in [9.17, 15) is 14.0 Å². The number of nitrogens with two attached hydrogens (primary N) is 1. The molecule has 1 heterocycles. The van der Waals surface area contributed by atoms with Crippen LogP contribution < -0.4 is 10.6 Å². The van der Waals surface area contributed by atoms with Crippen molar-refractivity contribution in [1.29, 1.82) is 0 Å². The Balaban J connectivity index is 1.76. The molecule has 2 amide bonds. The molecule has 0 spiro atoms. The molecule has 1 aromatic heterocycles. The van der Waals surface area contributed by atoms with Crippen molar-refractivity contribution >= 4 is 33.4 Å². The predicted octanol–water partition coefficient (Wildman–Crippen LogP) is 2.15. The fourth-order valence-electron chi connectivity index (χ4n) is 2.47. The lowest BCUT2D eigenvalue weighted by atomic mass is 10.2. The lowest BCUT2D eigenvalue weighted by molar-refractivity contribution is -0.120. The number of carbonyl (C=O) groups excluding carboxylic acids is 2. The monoisotopic (exact) mass is 446 g/mol. The molecule has 0 saturated carbocycles. The number of amides is 2. The van der Waals surface area contributed by atoms with Crippen molar-refractivity contribution < 1.29 is 14.0 Å². The molecule has 144 valence electrons. The number of hydrogen-bond acceptors (Lipinski definition) is 5. The molecule has 0 radical (unpaired) electrons. The van der Waals surface area contributed by atoms with Gasteiger partial charge in [-0.2, -0.15) is 4.80 Å². The zero-order valence-corrected chi connectivity index (χ0v) is 16.2. The number of anilines is 1. The van der Waals surface area contributed by atoms with E-state index in [-0.39, 0.29) is 25.4 Å². The summed E-state index contributed by atoms with van der Waals surface area (Å²) in [6, 6.07) is 12.7. The summed E-state index contributed by atoms with van der Waals surface area (Å²) < 4.78 is 14.1. The lowest BCUT2D eigenvalue weighted by Crippen LogP contribution is -2.37. The second kappa shape index (κ2) is 8.70. The van der Waals surface area contributed by atoms with Gasteiger partial charge in [0.1, 0.15) is 12.4 Å². The third-order valence-electron chi connectivity index (χ3n) is 3.85. The zero-order chi connectivity index (χ0) is 20.1. The number of halogens is 2. The van der Waals surface area contributed by atoms with Crippen LogP contribution in [0.15, 0.2) is 53.0 Å². The number of hydrogen-bond donors (Lipinski definition) is 1. The van der Waals surface area contributed by atoms with Crippen molar-refractivity contribution in [1.82, 2.24) is 20.2 Å². The smallest absolute Gasteiger partial charge is 0.250 e. The summed E-state index contributed by atoms with van der Waals surface area (Å²) in [6.07, 6.45) is -0.0297. The van der Waals surface area contributed by atoms with Gasteiger partial charge in [0, 0.05) is 28.7 Å². The topological polar surface area (TPSA) is 107 Å². The van der Waals surface area contributed by atoms with E-state index in [4.69, 9.17) is 5.73 Å². The van der Waals surface area contributed by atoms with Crippen LogP contribution in [-0.4, -0.2) is 38.6 Å². The highest BCUT2D eigenvalue weighted by Gasteiger charge is 2.19. The quantitative estimate of drug-likeness (QED) is 0.598. The largest absolute Gasteiger partial charge is 0.370 e. The summed E-state index contributed by atoms with van der Waals surface area (Å²) in [6.45, 7) is -0.131. The van der Waals surface area contributed by atoms with Crippen LogP contribution in [0.25, 0.3) is 11.4 Å². The SMILES string of the molecule is NC(=O)CCN(C(=O)Cn1nnc(-c2ccc(Br)cc2)n1)c1ccc(F)cc1. The normalized spacial score (nSPS) is 10.6. The Morgan fingerprint density at radius 3 is 2.43 bits per heavy atom. The molecule has 0 fully saturated rings. The average molecular weight is 447 g/mol. The van der Waals surface area contributed by atoms with Crippen LogP contribution in [0.3, 0.4) is 0 Å². The van der Waals surface area contributed by atoms with Crippen molar-refractivity contribution in [3.8, 4) is 11.4 Å². The minimum atomic E-state index is -0.545. The second-order valence-corrected chi connectivity index (χ2v) is 6.80. The van der Waals surface area contributed by atoms with Crippen LogP contribution in [0, 0.1) is 5.82 Å². The van der Waals surface area contributed by atoms with Crippen molar-refractivity contribution in [2.75, 3.05) is 11.4 Å². The first-order chi connectivity index (χ1) is 13.4. The predicted molar refractivity (Wildman–Crippen MR) is 104 cm³/mol.